The molecule has 2 aromatic carbocycles. The van der Waals surface area contributed by atoms with Gasteiger partial charge in [-0.1, -0.05) is 38.1 Å². The first-order chi connectivity index (χ1) is 11.6. The molecule has 0 unspecified atom stereocenters. The third kappa shape index (κ3) is 3.08. The van der Waals surface area contributed by atoms with Crippen molar-refractivity contribution >= 4 is 23.0 Å². The zero-order chi connectivity index (χ0) is 17.1. The topological polar surface area (TPSA) is 35.9 Å². The molecule has 124 valence electrons. The predicted molar refractivity (Wildman–Crippen MR) is 94.3 cm³/mol. The van der Waals surface area contributed by atoms with Gasteiger partial charge in [0.15, 0.2) is 0 Å². The van der Waals surface area contributed by atoms with Crippen LogP contribution in [0.25, 0.3) is 0 Å². The highest BCUT2D eigenvalue weighted by Crippen LogP contribution is 2.31. The number of rotatable bonds is 5. The van der Waals surface area contributed by atoms with E-state index in [0.29, 0.717) is 18.1 Å². The smallest absolute Gasteiger partial charge is 0.278 e. The summed E-state index contributed by atoms with van der Waals surface area (Å²) in [6.45, 7) is 6.37. The Labute approximate surface area is 141 Å². The highest BCUT2D eigenvalue weighted by molar-refractivity contribution is 6.54. The molecule has 0 spiro atoms. The number of aliphatic imine (C=N–C) groups is 1. The van der Waals surface area contributed by atoms with Crippen molar-refractivity contribution in [2.45, 2.75) is 13.8 Å². The molecule has 0 saturated heterocycles. The van der Waals surface area contributed by atoms with Crippen molar-refractivity contribution in [2.24, 2.45) is 4.99 Å². The maximum absolute atomic E-state index is 13.4. The van der Waals surface area contributed by atoms with Gasteiger partial charge in [-0.05, 0) is 37.4 Å². The molecule has 4 nitrogen and oxygen atoms in total. The third-order valence-corrected chi connectivity index (χ3v) is 4.18. The number of halogens is 1. The molecule has 1 aliphatic rings. The summed E-state index contributed by atoms with van der Waals surface area (Å²) >= 11 is 0. The maximum Gasteiger partial charge on any atom is 0.278 e. The molecule has 0 bridgehead atoms. The van der Waals surface area contributed by atoms with Crippen LogP contribution >= 0.6 is 0 Å². The fraction of sp³-hybridized carbons (Fsp3) is 0.263. The van der Waals surface area contributed by atoms with E-state index in [1.165, 1.54) is 12.1 Å². The summed E-state index contributed by atoms with van der Waals surface area (Å²) in [5.74, 6) is -0.511. The maximum atomic E-state index is 13.4. The summed E-state index contributed by atoms with van der Waals surface area (Å²) in [6, 6.07) is 13.6. The standard InChI is InChI=1S/C19H20FN3O/c1-3-22(4-2)13-23-17-11-6-5-10-16(17)18(19(23)24)21-15-9-7-8-14(20)12-15/h5-12H,3-4,13H2,1-2H3. The Hall–Kier alpha value is -2.53. The normalized spacial score (nSPS) is 15.4. The quantitative estimate of drug-likeness (QED) is 0.842. The first-order valence-electron chi connectivity index (χ1n) is 8.12. The molecule has 1 aliphatic heterocycles. The van der Waals surface area contributed by atoms with Crippen molar-refractivity contribution in [1.29, 1.82) is 0 Å². The molecule has 2 aromatic rings. The molecule has 0 saturated carbocycles. The van der Waals surface area contributed by atoms with Gasteiger partial charge in [0.1, 0.15) is 11.5 Å². The van der Waals surface area contributed by atoms with Gasteiger partial charge in [-0.15, -0.1) is 0 Å². The van der Waals surface area contributed by atoms with E-state index in [2.05, 4.69) is 23.7 Å². The molecule has 3 rings (SSSR count). The minimum atomic E-state index is -0.365. The van der Waals surface area contributed by atoms with Crippen molar-refractivity contribution in [3.8, 4) is 0 Å². The predicted octanol–water partition coefficient (Wildman–Crippen LogP) is 3.59. The monoisotopic (exact) mass is 325 g/mol. The van der Waals surface area contributed by atoms with E-state index in [1.807, 2.05) is 24.3 Å². The number of carbonyl (C=O) groups excluding carboxylic acids is 1. The van der Waals surface area contributed by atoms with E-state index < -0.39 is 0 Å². The summed E-state index contributed by atoms with van der Waals surface area (Å²) in [4.78, 5) is 21.2. The second-order valence-electron chi connectivity index (χ2n) is 5.64. The number of benzene rings is 2. The minimum Gasteiger partial charge on any atom is -0.293 e. The molecule has 1 heterocycles. The highest BCUT2D eigenvalue weighted by atomic mass is 19.1. The number of hydrogen-bond donors (Lipinski definition) is 0. The van der Waals surface area contributed by atoms with E-state index in [4.69, 9.17) is 0 Å². The van der Waals surface area contributed by atoms with Crippen LogP contribution < -0.4 is 4.90 Å². The van der Waals surface area contributed by atoms with E-state index in [-0.39, 0.29) is 11.7 Å². The zero-order valence-corrected chi connectivity index (χ0v) is 13.9. The first kappa shape index (κ1) is 16.3. The lowest BCUT2D eigenvalue weighted by Gasteiger charge is -2.25. The van der Waals surface area contributed by atoms with Gasteiger partial charge in [0.25, 0.3) is 5.91 Å². The molecule has 0 radical (unpaired) electrons. The van der Waals surface area contributed by atoms with Crippen LogP contribution in [0.15, 0.2) is 53.5 Å². The molecule has 0 aromatic heterocycles. The molecule has 0 fully saturated rings. The fourth-order valence-electron chi connectivity index (χ4n) is 2.81. The lowest BCUT2D eigenvalue weighted by Crippen LogP contribution is -2.41. The van der Waals surface area contributed by atoms with Crippen LogP contribution in [0.1, 0.15) is 19.4 Å². The Morgan fingerprint density at radius 2 is 1.83 bits per heavy atom. The summed E-state index contributed by atoms with van der Waals surface area (Å²) in [5, 5.41) is 0. The average molecular weight is 325 g/mol. The number of carbonyl (C=O) groups is 1. The summed E-state index contributed by atoms with van der Waals surface area (Å²) < 4.78 is 13.4. The van der Waals surface area contributed by atoms with Crippen molar-refractivity contribution in [1.82, 2.24) is 4.90 Å². The van der Waals surface area contributed by atoms with Gasteiger partial charge in [0.2, 0.25) is 0 Å². The molecule has 5 heteroatoms. The van der Waals surface area contributed by atoms with Crippen LogP contribution in [0, 0.1) is 5.82 Å². The van der Waals surface area contributed by atoms with Gasteiger partial charge in [-0.2, -0.15) is 0 Å². The molecular weight excluding hydrogens is 305 g/mol. The Morgan fingerprint density at radius 3 is 2.54 bits per heavy atom. The van der Waals surface area contributed by atoms with Crippen molar-refractivity contribution in [3.63, 3.8) is 0 Å². The fourth-order valence-corrected chi connectivity index (χ4v) is 2.81. The molecule has 0 N–H and O–H groups in total. The molecular formula is C19H20FN3O. The Kier molecular flexibility index (Phi) is 4.71. The van der Waals surface area contributed by atoms with E-state index in [9.17, 15) is 9.18 Å². The molecule has 0 atom stereocenters. The summed E-state index contributed by atoms with van der Waals surface area (Å²) in [7, 11) is 0. The lowest BCUT2D eigenvalue weighted by molar-refractivity contribution is -0.112. The molecule has 24 heavy (non-hydrogen) atoms. The van der Waals surface area contributed by atoms with Crippen LogP contribution in [0.4, 0.5) is 15.8 Å². The van der Waals surface area contributed by atoms with Crippen molar-refractivity contribution in [2.75, 3.05) is 24.7 Å². The summed E-state index contributed by atoms with van der Waals surface area (Å²) in [6.07, 6.45) is 0. The average Bonchev–Trinajstić information content (AvgIpc) is 2.85. The number of para-hydroxylation sites is 1. The van der Waals surface area contributed by atoms with Gasteiger partial charge in [0, 0.05) is 5.56 Å². The molecule has 1 amide bonds. The second kappa shape index (κ2) is 6.93. The number of fused-ring (bicyclic) bond motifs is 1. The number of anilines is 1. The molecule has 0 aliphatic carbocycles. The zero-order valence-electron chi connectivity index (χ0n) is 13.9. The van der Waals surface area contributed by atoms with Gasteiger partial charge >= 0.3 is 0 Å². The highest BCUT2D eigenvalue weighted by Gasteiger charge is 2.34. The lowest BCUT2D eigenvalue weighted by atomic mass is 10.1. The van der Waals surface area contributed by atoms with Crippen LogP contribution in [0.3, 0.4) is 0 Å². The van der Waals surface area contributed by atoms with Gasteiger partial charge < -0.3 is 0 Å². The van der Waals surface area contributed by atoms with E-state index in [1.54, 1.807) is 17.0 Å². The SMILES string of the molecule is CCN(CC)CN1C(=O)C(=Nc2cccc(F)c2)c2ccccc21. The van der Waals surface area contributed by atoms with Crippen molar-refractivity contribution in [3.05, 3.63) is 59.9 Å². The largest absolute Gasteiger partial charge is 0.293 e. The van der Waals surface area contributed by atoms with E-state index >= 15 is 0 Å². The minimum absolute atomic E-state index is 0.146. The van der Waals surface area contributed by atoms with E-state index in [0.717, 1.165) is 24.3 Å². The third-order valence-electron chi connectivity index (χ3n) is 4.18. The van der Waals surface area contributed by atoms with Crippen LogP contribution in [-0.4, -0.2) is 36.3 Å². The van der Waals surface area contributed by atoms with Crippen LogP contribution in [0.2, 0.25) is 0 Å². The Balaban J connectivity index is 2.01. The Morgan fingerprint density at radius 1 is 1.08 bits per heavy atom. The Bertz CT molecular complexity index is 784. The van der Waals surface area contributed by atoms with Gasteiger partial charge in [-0.3, -0.25) is 14.6 Å². The number of nitrogens with zero attached hydrogens (tertiary/aromatic N) is 3. The van der Waals surface area contributed by atoms with Gasteiger partial charge in [-0.25, -0.2) is 9.38 Å². The number of amides is 1. The van der Waals surface area contributed by atoms with Crippen LogP contribution in [0.5, 0.6) is 0 Å². The van der Waals surface area contributed by atoms with Gasteiger partial charge in [0.05, 0.1) is 18.0 Å². The number of hydrogen-bond acceptors (Lipinski definition) is 3. The summed E-state index contributed by atoms with van der Waals surface area (Å²) in [5.41, 5.74) is 2.45. The van der Waals surface area contributed by atoms with Crippen LogP contribution in [-0.2, 0) is 4.79 Å². The first-order valence-corrected chi connectivity index (χ1v) is 8.12. The van der Waals surface area contributed by atoms with Crippen molar-refractivity contribution < 1.29 is 9.18 Å². The second-order valence-corrected chi connectivity index (χ2v) is 5.64.